The highest BCUT2D eigenvalue weighted by molar-refractivity contribution is 6.20. The summed E-state index contributed by atoms with van der Waals surface area (Å²) in [4.78, 5) is 40.6. The first-order valence-corrected chi connectivity index (χ1v) is 10.6. The maximum atomic E-state index is 13.0. The highest BCUT2D eigenvalue weighted by atomic mass is 16.3. The Morgan fingerprint density at radius 1 is 0.970 bits per heavy atom. The first-order valence-electron chi connectivity index (χ1n) is 10.6. The number of para-hydroxylation sites is 1. The highest BCUT2D eigenvalue weighted by Crippen LogP contribution is 2.36. The molecule has 3 N–H and O–H groups in total. The number of amides is 3. The molecular formula is C25H30N4O4. The maximum absolute atomic E-state index is 13.0. The number of carbonyl (C=O) groups excluding carboxylic acids is 3. The number of likely N-dealkylation sites (N-methyl/N-ethyl adjacent to an activating group) is 1. The van der Waals surface area contributed by atoms with Crippen LogP contribution in [0.5, 0.6) is 5.75 Å². The van der Waals surface area contributed by atoms with Crippen LogP contribution in [0.2, 0.25) is 0 Å². The number of hydrogen-bond acceptors (Lipinski definition) is 6. The molecular weight excluding hydrogens is 420 g/mol. The van der Waals surface area contributed by atoms with Gasteiger partial charge < -0.3 is 20.6 Å². The third-order valence-corrected chi connectivity index (χ3v) is 5.51. The van der Waals surface area contributed by atoms with Gasteiger partial charge >= 0.3 is 0 Å². The molecule has 0 unspecified atom stereocenters. The number of benzene rings is 2. The summed E-state index contributed by atoms with van der Waals surface area (Å²) in [7, 11) is 4.56. The maximum Gasteiger partial charge on any atom is 0.279 e. The van der Waals surface area contributed by atoms with Crippen molar-refractivity contribution >= 4 is 23.4 Å². The molecule has 3 rings (SSSR count). The van der Waals surface area contributed by atoms with Gasteiger partial charge in [-0.2, -0.15) is 0 Å². The average Bonchev–Trinajstić information content (AvgIpc) is 2.96. The normalized spacial score (nSPS) is 15.0. The molecule has 1 atom stereocenters. The number of carbonyl (C=O) groups is 3. The lowest BCUT2D eigenvalue weighted by Crippen LogP contribution is -2.36. The van der Waals surface area contributed by atoms with Crippen LogP contribution in [0.4, 0.5) is 5.69 Å². The Balaban J connectivity index is 2.06. The van der Waals surface area contributed by atoms with E-state index in [2.05, 4.69) is 10.6 Å². The van der Waals surface area contributed by atoms with Crippen molar-refractivity contribution in [3.05, 3.63) is 71.1 Å². The molecule has 2 aromatic rings. The van der Waals surface area contributed by atoms with Gasteiger partial charge in [-0.3, -0.25) is 19.3 Å². The quantitative estimate of drug-likeness (QED) is 0.462. The summed E-state index contributed by atoms with van der Waals surface area (Å²) in [5, 5.41) is 16.9. The molecule has 0 saturated heterocycles. The van der Waals surface area contributed by atoms with Gasteiger partial charge in [0, 0.05) is 21.1 Å². The second-order valence-electron chi connectivity index (χ2n) is 9.30. The smallest absolute Gasteiger partial charge is 0.279 e. The Kier molecular flexibility index (Phi) is 6.48. The molecule has 1 aliphatic heterocycles. The lowest BCUT2D eigenvalue weighted by atomic mass is 9.82. The number of imide groups is 1. The molecule has 0 saturated carbocycles. The fourth-order valence-electron chi connectivity index (χ4n) is 3.67. The molecule has 1 heterocycles. The van der Waals surface area contributed by atoms with E-state index < -0.39 is 11.8 Å². The zero-order valence-corrected chi connectivity index (χ0v) is 19.8. The molecule has 0 radical (unpaired) electrons. The number of phenolic OH excluding ortho intramolecular Hbond substituents is 1. The number of phenols is 1. The van der Waals surface area contributed by atoms with Crippen LogP contribution in [0, 0.1) is 5.41 Å². The van der Waals surface area contributed by atoms with Crippen molar-refractivity contribution in [2.45, 2.75) is 26.8 Å². The molecule has 1 aliphatic rings. The number of rotatable bonds is 6. The van der Waals surface area contributed by atoms with Gasteiger partial charge in [0.15, 0.2) is 5.75 Å². The minimum Gasteiger partial charge on any atom is -0.505 e. The number of nitrogens with zero attached hydrogens (tertiary/aromatic N) is 2. The summed E-state index contributed by atoms with van der Waals surface area (Å²) in [6.45, 7) is 6.12. The Morgan fingerprint density at radius 2 is 1.58 bits per heavy atom. The van der Waals surface area contributed by atoms with Crippen molar-refractivity contribution in [1.82, 2.24) is 15.1 Å². The van der Waals surface area contributed by atoms with E-state index in [1.165, 1.54) is 18.0 Å². The molecule has 174 valence electrons. The number of nitrogens with one attached hydrogen (secondary N) is 2. The molecule has 0 aromatic heterocycles. The molecule has 8 heteroatoms. The standard InChI is InChI=1S/C25H30N4O4/c1-25(2,3)21(15-11-8-7-9-12-15)27-19-18(23(32)29(6)24(19)33)26-17-14-10-13-16(20(17)30)22(31)28(4)5/h7-14,21,26-27,30H,1-6H3/t21-/m0/s1. The van der Waals surface area contributed by atoms with Gasteiger partial charge in [-0.05, 0) is 23.1 Å². The van der Waals surface area contributed by atoms with Crippen LogP contribution in [-0.2, 0) is 9.59 Å². The summed E-state index contributed by atoms with van der Waals surface area (Å²) >= 11 is 0. The van der Waals surface area contributed by atoms with Crippen LogP contribution >= 0.6 is 0 Å². The van der Waals surface area contributed by atoms with E-state index in [9.17, 15) is 19.5 Å². The van der Waals surface area contributed by atoms with E-state index in [0.717, 1.165) is 10.5 Å². The first-order chi connectivity index (χ1) is 15.4. The molecule has 0 spiro atoms. The predicted octanol–water partition coefficient (Wildman–Crippen LogP) is 3.09. The van der Waals surface area contributed by atoms with Crippen LogP contribution in [0.25, 0.3) is 0 Å². The lowest BCUT2D eigenvalue weighted by Gasteiger charge is -2.33. The average molecular weight is 451 g/mol. The third kappa shape index (κ3) is 4.69. The highest BCUT2D eigenvalue weighted by Gasteiger charge is 2.39. The van der Waals surface area contributed by atoms with E-state index in [1.807, 2.05) is 51.1 Å². The molecule has 8 nitrogen and oxygen atoms in total. The summed E-state index contributed by atoms with van der Waals surface area (Å²) in [5.74, 6) is -1.70. The SMILES string of the molecule is CN(C)C(=O)c1cccc(NC2=C(N[C@@H](c3ccccc3)C(C)(C)C)C(=O)N(C)C2=O)c1O. The monoisotopic (exact) mass is 450 g/mol. The topological polar surface area (TPSA) is 102 Å². The molecule has 0 aliphatic carbocycles. The van der Waals surface area contributed by atoms with Crippen molar-refractivity contribution < 1.29 is 19.5 Å². The van der Waals surface area contributed by atoms with E-state index in [1.54, 1.807) is 26.2 Å². The van der Waals surface area contributed by atoms with Crippen molar-refractivity contribution in [3.63, 3.8) is 0 Å². The van der Waals surface area contributed by atoms with Gasteiger partial charge in [0.1, 0.15) is 11.4 Å². The molecule has 3 amide bonds. The Bertz CT molecular complexity index is 1120. The van der Waals surface area contributed by atoms with Crippen LogP contribution in [0.3, 0.4) is 0 Å². The molecule has 2 aromatic carbocycles. The number of aromatic hydroxyl groups is 1. The van der Waals surface area contributed by atoms with Crippen LogP contribution in [0.15, 0.2) is 59.9 Å². The van der Waals surface area contributed by atoms with Crippen LogP contribution in [0.1, 0.15) is 42.7 Å². The van der Waals surface area contributed by atoms with Crippen molar-refractivity contribution in [1.29, 1.82) is 0 Å². The van der Waals surface area contributed by atoms with Crippen molar-refractivity contribution in [2.75, 3.05) is 26.5 Å². The second kappa shape index (κ2) is 8.97. The fraction of sp³-hybridized carbons (Fsp3) is 0.320. The minimum atomic E-state index is -0.535. The Labute approximate surface area is 193 Å². The van der Waals surface area contributed by atoms with Gasteiger partial charge in [-0.1, -0.05) is 57.2 Å². The molecule has 0 bridgehead atoms. The number of hydrogen-bond donors (Lipinski definition) is 3. The van der Waals surface area contributed by atoms with E-state index >= 15 is 0 Å². The summed E-state index contributed by atoms with van der Waals surface area (Å²) in [6.07, 6.45) is 0. The largest absolute Gasteiger partial charge is 0.505 e. The van der Waals surface area contributed by atoms with Gasteiger partial charge in [0.25, 0.3) is 17.7 Å². The number of anilines is 1. The molecule has 33 heavy (non-hydrogen) atoms. The summed E-state index contributed by atoms with van der Waals surface area (Å²) in [6, 6.07) is 14.0. The van der Waals surface area contributed by atoms with E-state index in [0.29, 0.717) is 0 Å². The van der Waals surface area contributed by atoms with Crippen LogP contribution in [-0.4, -0.2) is 53.8 Å². The predicted molar refractivity (Wildman–Crippen MR) is 126 cm³/mol. The Morgan fingerprint density at radius 3 is 2.15 bits per heavy atom. The van der Waals surface area contributed by atoms with Crippen LogP contribution < -0.4 is 10.6 Å². The third-order valence-electron chi connectivity index (χ3n) is 5.51. The van der Waals surface area contributed by atoms with Gasteiger partial charge in [-0.25, -0.2) is 0 Å². The zero-order chi connectivity index (χ0) is 24.5. The lowest BCUT2D eigenvalue weighted by molar-refractivity contribution is -0.136. The first kappa shape index (κ1) is 23.8. The van der Waals surface area contributed by atoms with E-state index in [-0.39, 0.29) is 45.8 Å². The zero-order valence-electron chi connectivity index (χ0n) is 19.8. The fourth-order valence-corrected chi connectivity index (χ4v) is 3.67. The molecule has 0 fully saturated rings. The van der Waals surface area contributed by atoms with Gasteiger partial charge in [0.05, 0.1) is 17.3 Å². The summed E-state index contributed by atoms with van der Waals surface area (Å²) < 4.78 is 0. The second-order valence-corrected chi connectivity index (χ2v) is 9.30. The van der Waals surface area contributed by atoms with Crippen molar-refractivity contribution in [2.24, 2.45) is 5.41 Å². The van der Waals surface area contributed by atoms with Crippen molar-refractivity contribution in [3.8, 4) is 5.75 Å². The van der Waals surface area contributed by atoms with Gasteiger partial charge in [0.2, 0.25) is 0 Å². The summed E-state index contributed by atoms with van der Waals surface area (Å²) in [5.41, 5.74) is 1.03. The van der Waals surface area contributed by atoms with Gasteiger partial charge in [-0.15, -0.1) is 0 Å². The van der Waals surface area contributed by atoms with E-state index in [4.69, 9.17) is 0 Å². The minimum absolute atomic E-state index is 0.0115. The Hall–Kier alpha value is -3.81.